The maximum absolute atomic E-state index is 10.8. The van der Waals surface area contributed by atoms with Gasteiger partial charge in [-0.25, -0.2) is 14.5 Å². The van der Waals surface area contributed by atoms with Gasteiger partial charge in [-0.15, -0.1) is 0 Å². The summed E-state index contributed by atoms with van der Waals surface area (Å²) in [6.45, 7) is 7.04. The van der Waals surface area contributed by atoms with Crippen LogP contribution >= 0.6 is 0 Å². The van der Waals surface area contributed by atoms with Gasteiger partial charge in [-0.05, 0) is 51.3 Å². The van der Waals surface area contributed by atoms with Gasteiger partial charge in [0.1, 0.15) is 12.0 Å². The van der Waals surface area contributed by atoms with Gasteiger partial charge in [0.25, 0.3) is 0 Å². The first kappa shape index (κ1) is 19.0. The predicted octanol–water partition coefficient (Wildman–Crippen LogP) is 3.10. The third-order valence-electron chi connectivity index (χ3n) is 5.63. The molecule has 9 nitrogen and oxygen atoms in total. The molecular weight excluding hydrogens is 382 g/mol. The molecule has 1 aliphatic rings. The Hall–Kier alpha value is -3.04. The molecule has 0 amide bonds. The zero-order valence-corrected chi connectivity index (χ0v) is 17.3. The topological polar surface area (TPSA) is 102 Å². The van der Waals surface area contributed by atoms with E-state index in [4.69, 9.17) is 9.72 Å². The molecule has 4 aromatic heterocycles. The summed E-state index contributed by atoms with van der Waals surface area (Å²) in [5, 5.41) is 19.2. The Morgan fingerprint density at radius 1 is 1.20 bits per heavy atom. The highest BCUT2D eigenvalue weighted by atomic mass is 16.5. The van der Waals surface area contributed by atoms with Crippen molar-refractivity contribution in [1.82, 2.24) is 29.1 Å². The molecule has 4 aromatic rings. The van der Waals surface area contributed by atoms with Crippen molar-refractivity contribution >= 4 is 28.3 Å². The molecule has 0 spiro atoms. The maximum Gasteiger partial charge on any atom is 0.229 e. The van der Waals surface area contributed by atoms with Crippen molar-refractivity contribution < 1.29 is 9.84 Å². The lowest BCUT2D eigenvalue weighted by Gasteiger charge is -2.29. The van der Waals surface area contributed by atoms with Gasteiger partial charge in [0.05, 0.1) is 23.2 Å². The van der Waals surface area contributed by atoms with E-state index in [0.29, 0.717) is 19.2 Å². The third-order valence-corrected chi connectivity index (χ3v) is 5.63. The van der Waals surface area contributed by atoms with Gasteiger partial charge in [-0.3, -0.25) is 0 Å². The lowest BCUT2D eigenvalue weighted by Crippen LogP contribution is -2.27. The van der Waals surface area contributed by atoms with Crippen LogP contribution in [0.15, 0.2) is 30.9 Å². The Labute approximate surface area is 173 Å². The quantitative estimate of drug-likeness (QED) is 0.536. The van der Waals surface area contributed by atoms with E-state index < -0.39 is 5.60 Å². The van der Waals surface area contributed by atoms with Gasteiger partial charge < -0.3 is 19.7 Å². The van der Waals surface area contributed by atoms with Crippen LogP contribution in [-0.4, -0.2) is 47.5 Å². The Balaban J connectivity index is 1.59. The van der Waals surface area contributed by atoms with Gasteiger partial charge in [-0.2, -0.15) is 10.1 Å². The van der Waals surface area contributed by atoms with E-state index in [0.717, 1.165) is 46.5 Å². The van der Waals surface area contributed by atoms with E-state index in [-0.39, 0.29) is 6.04 Å². The first-order valence-electron chi connectivity index (χ1n) is 10.2. The van der Waals surface area contributed by atoms with Crippen LogP contribution in [0, 0.1) is 6.92 Å². The number of aryl methyl sites for hydroxylation is 1. The van der Waals surface area contributed by atoms with E-state index >= 15 is 0 Å². The molecular formula is C21H25N7O2. The second kappa shape index (κ2) is 7.03. The molecule has 1 saturated heterocycles. The van der Waals surface area contributed by atoms with Gasteiger partial charge in [0.2, 0.25) is 5.95 Å². The minimum absolute atomic E-state index is 0.230. The Morgan fingerprint density at radius 2 is 2.00 bits per heavy atom. The summed E-state index contributed by atoms with van der Waals surface area (Å²) in [6.07, 6.45) is 6.99. The minimum atomic E-state index is -0.985. The summed E-state index contributed by atoms with van der Waals surface area (Å²) >= 11 is 0. The van der Waals surface area contributed by atoms with Crippen LogP contribution in [0.1, 0.15) is 44.0 Å². The molecule has 0 bridgehead atoms. The number of fused-ring (bicyclic) bond motifs is 2. The number of aromatic nitrogens is 6. The third kappa shape index (κ3) is 3.29. The molecule has 0 aromatic carbocycles. The summed E-state index contributed by atoms with van der Waals surface area (Å²) in [5.41, 5.74) is 3.35. The molecule has 0 unspecified atom stereocenters. The van der Waals surface area contributed by atoms with Gasteiger partial charge in [0, 0.05) is 30.8 Å². The van der Waals surface area contributed by atoms with Crippen molar-refractivity contribution in [3.63, 3.8) is 0 Å². The van der Waals surface area contributed by atoms with Crippen LogP contribution < -0.4 is 5.32 Å². The van der Waals surface area contributed by atoms with Crippen LogP contribution in [0.2, 0.25) is 0 Å². The molecule has 5 heterocycles. The second-order valence-corrected chi connectivity index (χ2v) is 8.33. The zero-order chi connectivity index (χ0) is 20.9. The summed E-state index contributed by atoms with van der Waals surface area (Å²) in [6, 6.07) is 4.18. The molecule has 156 valence electrons. The monoisotopic (exact) mass is 407 g/mol. The Kier molecular flexibility index (Phi) is 4.44. The summed E-state index contributed by atoms with van der Waals surface area (Å²) in [7, 11) is 0. The highest BCUT2D eigenvalue weighted by molar-refractivity contribution is 5.79. The van der Waals surface area contributed by atoms with Gasteiger partial charge in [0.15, 0.2) is 5.65 Å². The molecule has 9 heteroatoms. The molecule has 30 heavy (non-hydrogen) atoms. The first-order valence-corrected chi connectivity index (χ1v) is 10.2. The lowest BCUT2D eigenvalue weighted by atomic mass is 10.0. The molecule has 0 saturated carbocycles. The summed E-state index contributed by atoms with van der Waals surface area (Å²) in [4.78, 5) is 13.6. The van der Waals surface area contributed by atoms with Crippen molar-refractivity contribution in [2.75, 3.05) is 18.5 Å². The fourth-order valence-electron chi connectivity index (χ4n) is 4.06. The number of anilines is 2. The van der Waals surface area contributed by atoms with Crippen molar-refractivity contribution in [3.8, 4) is 0 Å². The maximum atomic E-state index is 10.8. The molecule has 0 radical (unpaired) electrons. The van der Waals surface area contributed by atoms with E-state index in [2.05, 4.69) is 25.0 Å². The zero-order valence-electron chi connectivity index (χ0n) is 17.3. The molecule has 1 fully saturated rings. The van der Waals surface area contributed by atoms with Crippen molar-refractivity contribution in [1.29, 1.82) is 0 Å². The van der Waals surface area contributed by atoms with E-state index in [1.165, 1.54) is 6.33 Å². The van der Waals surface area contributed by atoms with E-state index in [1.54, 1.807) is 24.6 Å². The van der Waals surface area contributed by atoms with Crippen LogP contribution in [0.25, 0.3) is 16.7 Å². The average Bonchev–Trinajstić information content (AvgIpc) is 3.32. The fraction of sp³-hybridized carbons (Fsp3) is 0.429. The second-order valence-electron chi connectivity index (χ2n) is 8.33. The number of aliphatic hydroxyl groups is 1. The number of rotatable bonds is 4. The van der Waals surface area contributed by atoms with E-state index in [9.17, 15) is 5.11 Å². The molecule has 1 aliphatic heterocycles. The largest absolute Gasteiger partial charge is 0.384 e. The molecule has 0 aliphatic carbocycles. The number of pyridine rings is 1. The number of nitrogens with zero attached hydrogens (tertiary/aromatic N) is 6. The standard InChI is InChI=1S/C21H25N7O2/c1-13-8-18-23-12-24-27(18)11-16(13)25-20-22-10-14-9-17(21(2,3)29)28(19(14)26-20)15-4-6-30-7-5-15/h8-12,15,29H,4-7H2,1-3H3,(H,22,25,26). The van der Waals surface area contributed by atoms with Crippen molar-refractivity contribution in [2.24, 2.45) is 0 Å². The van der Waals surface area contributed by atoms with Crippen LogP contribution in [0.3, 0.4) is 0 Å². The number of hydrogen-bond donors (Lipinski definition) is 2. The SMILES string of the molecule is Cc1cc2ncnn2cc1Nc1ncc2cc(C(C)(C)O)n(C3CCOCC3)c2n1. The van der Waals surface area contributed by atoms with Gasteiger partial charge >= 0.3 is 0 Å². The smallest absolute Gasteiger partial charge is 0.229 e. The first-order chi connectivity index (χ1) is 14.4. The minimum Gasteiger partial charge on any atom is -0.384 e. The van der Waals surface area contributed by atoms with Crippen LogP contribution in [0.4, 0.5) is 11.6 Å². The highest BCUT2D eigenvalue weighted by Gasteiger charge is 2.28. The van der Waals surface area contributed by atoms with Crippen molar-refractivity contribution in [2.45, 2.75) is 45.3 Å². The van der Waals surface area contributed by atoms with Crippen molar-refractivity contribution in [3.05, 3.63) is 42.1 Å². The van der Waals surface area contributed by atoms with Crippen LogP contribution in [0.5, 0.6) is 0 Å². The lowest BCUT2D eigenvalue weighted by molar-refractivity contribution is 0.0498. The van der Waals surface area contributed by atoms with E-state index in [1.807, 2.05) is 25.3 Å². The van der Waals surface area contributed by atoms with Gasteiger partial charge in [-0.1, -0.05) is 0 Å². The summed E-state index contributed by atoms with van der Waals surface area (Å²) < 4.78 is 9.42. The average molecular weight is 407 g/mol. The molecule has 2 N–H and O–H groups in total. The molecule has 0 atom stereocenters. The Bertz CT molecular complexity index is 1220. The Morgan fingerprint density at radius 3 is 2.77 bits per heavy atom. The number of ether oxygens (including phenoxy) is 1. The normalized spacial score (nSPS) is 15.9. The summed E-state index contributed by atoms with van der Waals surface area (Å²) in [5.74, 6) is 0.499. The van der Waals surface area contributed by atoms with Crippen LogP contribution in [-0.2, 0) is 10.3 Å². The number of hydrogen-bond acceptors (Lipinski definition) is 7. The number of nitrogens with one attached hydrogen (secondary N) is 1. The fourth-order valence-corrected chi connectivity index (χ4v) is 4.06. The predicted molar refractivity (Wildman–Crippen MR) is 113 cm³/mol. The molecule has 5 rings (SSSR count). The highest BCUT2D eigenvalue weighted by Crippen LogP contribution is 2.34.